The van der Waals surface area contributed by atoms with E-state index in [0.29, 0.717) is 12.5 Å². The number of hydrogen-bond acceptors (Lipinski definition) is 8. The van der Waals surface area contributed by atoms with E-state index >= 15 is 0 Å². The summed E-state index contributed by atoms with van der Waals surface area (Å²) >= 11 is 0. The van der Waals surface area contributed by atoms with Crippen LogP contribution in [0.5, 0.6) is 0 Å². The maximum atomic E-state index is 13.2. The number of hydrogen-bond donors (Lipinski definition) is 3. The van der Waals surface area contributed by atoms with Crippen molar-refractivity contribution in [2.45, 2.75) is 64.4 Å². The highest BCUT2D eigenvalue weighted by Gasteiger charge is 2.36. The van der Waals surface area contributed by atoms with Crippen LogP contribution in [0.3, 0.4) is 0 Å². The molecule has 2 aromatic rings. The second-order valence-electron chi connectivity index (χ2n) is 10.1. The first-order valence-electron chi connectivity index (χ1n) is 13.0. The molecule has 1 aliphatic rings. The third-order valence-electron chi connectivity index (χ3n) is 7.11. The van der Waals surface area contributed by atoms with E-state index in [1.54, 1.807) is 14.0 Å². The first-order valence-corrected chi connectivity index (χ1v) is 14.6. The number of hydrazine groups is 1. The van der Waals surface area contributed by atoms with Crippen LogP contribution in [0, 0.1) is 5.92 Å². The molecule has 3 N–H and O–H groups in total. The summed E-state index contributed by atoms with van der Waals surface area (Å²) in [4.78, 5) is 39.7. The third kappa shape index (κ3) is 8.49. The van der Waals surface area contributed by atoms with Gasteiger partial charge in [0.2, 0.25) is 11.8 Å². The summed E-state index contributed by atoms with van der Waals surface area (Å²) in [5.41, 5.74) is 4.93. The molecule has 216 valence electrons. The van der Waals surface area contributed by atoms with Crippen molar-refractivity contribution >= 4 is 38.8 Å². The van der Waals surface area contributed by atoms with Crippen LogP contribution in [0.25, 0.3) is 10.9 Å². The van der Waals surface area contributed by atoms with Gasteiger partial charge in [-0.25, -0.2) is 9.80 Å². The monoisotopic (exact) mass is 565 g/mol. The van der Waals surface area contributed by atoms with Crippen LogP contribution in [-0.4, -0.2) is 90.3 Å². The molecule has 1 aliphatic carbocycles. The van der Waals surface area contributed by atoms with Gasteiger partial charge in [0.1, 0.15) is 23.9 Å². The SMILES string of the molecule is CNN(C)Cc1cc2ccccc2n1CCC(=O)NC(CS(=O)(=O)O)C(=O)N(C)[C@@H](C)C(=O)O[C@@H](C)C1CC1. The fourth-order valence-electron chi connectivity index (χ4n) is 4.39. The summed E-state index contributed by atoms with van der Waals surface area (Å²) in [6.07, 6.45) is 1.63. The van der Waals surface area contributed by atoms with E-state index < -0.39 is 45.7 Å². The van der Waals surface area contributed by atoms with Gasteiger partial charge in [-0.3, -0.25) is 19.6 Å². The molecule has 0 aliphatic heterocycles. The predicted octanol–water partition coefficient (Wildman–Crippen LogP) is 1.16. The molecule has 3 rings (SSSR count). The third-order valence-corrected chi connectivity index (χ3v) is 7.86. The fourth-order valence-corrected chi connectivity index (χ4v) is 5.04. The molecule has 3 atom stereocenters. The van der Waals surface area contributed by atoms with Crippen LogP contribution >= 0.6 is 0 Å². The summed E-state index contributed by atoms with van der Waals surface area (Å²) in [6.45, 7) is 4.10. The van der Waals surface area contributed by atoms with E-state index in [2.05, 4.69) is 10.7 Å². The molecule has 0 bridgehead atoms. The molecule has 12 nitrogen and oxygen atoms in total. The van der Waals surface area contributed by atoms with Crippen molar-refractivity contribution in [3.05, 3.63) is 36.0 Å². The van der Waals surface area contributed by atoms with Gasteiger partial charge >= 0.3 is 5.97 Å². The maximum absolute atomic E-state index is 13.2. The lowest BCUT2D eigenvalue weighted by molar-refractivity contribution is -0.158. The van der Waals surface area contributed by atoms with Crippen molar-refractivity contribution in [3.63, 3.8) is 0 Å². The zero-order valence-electron chi connectivity index (χ0n) is 23.1. The highest BCUT2D eigenvalue weighted by atomic mass is 32.2. The van der Waals surface area contributed by atoms with Gasteiger partial charge in [0.15, 0.2) is 0 Å². The summed E-state index contributed by atoms with van der Waals surface area (Å²) in [5, 5.41) is 5.34. The number of carbonyl (C=O) groups excluding carboxylic acids is 3. The van der Waals surface area contributed by atoms with Gasteiger partial charge in [0.05, 0.1) is 6.54 Å². The first kappa shape index (κ1) is 30.5. The Balaban J connectivity index is 1.70. The lowest BCUT2D eigenvalue weighted by atomic mass is 10.2. The smallest absolute Gasteiger partial charge is 0.328 e. The Labute approximate surface area is 229 Å². The quantitative estimate of drug-likeness (QED) is 0.174. The summed E-state index contributed by atoms with van der Waals surface area (Å²) < 4.78 is 40.2. The molecule has 0 radical (unpaired) electrons. The number of ether oxygens (including phenoxy) is 1. The number of para-hydroxylation sites is 1. The number of carbonyl (C=O) groups is 3. The number of esters is 1. The molecule has 0 spiro atoms. The normalized spacial score (nSPS) is 16.1. The zero-order valence-corrected chi connectivity index (χ0v) is 23.9. The van der Waals surface area contributed by atoms with E-state index in [0.717, 1.165) is 34.3 Å². The van der Waals surface area contributed by atoms with Crippen molar-refractivity contribution in [3.8, 4) is 0 Å². The van der Waals surface area contributed by atoms with Gasteiger partial charge in [-0.1, -0.05) is 18.2 Å². The molecule has 13 heteroatoms. The number of aryl methyl sites for hydroxylation is 1. The van der Waals surface area contributed by atoms with Gasteiger partial charge in [0, 0.05) is 38.3 Å². The highest BCUT2D eigenvalue weighted by Crippen LogP contribution is 2.34. The van der Waals surface area contributed by atoms with Gasteiger partial charge in [-0.2, -0.15) is 8.42 Å². The Morgan fingerprint density at radius 2 is 1.85 bits per heavy atom. The highest BCUT2D eigenvalue weighted by molar-refractivity contribution is 7.85. The topological polar surface area (TPSA) is 150 Å². The van der Waals surface area contributed by atoms with E-state index in [1.165, 1.54) is 14.0 Å². The number of nitrogens with one attached hydrogen (secondary N) is 2. The largest absolute Gasteiger partial charge is 0.461 e. The Hall–Kier alpha value is -3.00. The standard InChI is InChI=1S/C26H39N5O7S/c1-17(26(34)38-18(2)19-10-11-19)30(5)25(33)22(16-39(35,36)37)28-24(32)12-13-31-21(15-29(4)27-3)14-20-8-6-7-9-23(20)31/h6-9,14,17-19,22,27H,10-13,15-16H2,1-5H3,(H,28,32)(H,35,36,37)/t17-,18-,22?/m0/s1. The van der Waals surface area contributed by atoms with Crippen molar-refractivity contribution in [2.24, 2.45) is 5.92 Å². The van der Waals surface area contributed by atoms with Crippen LogP contribution < -0.4 is 10.7 Å². The van der Waals surface area contributed by atoms with Gasteiger partial charge < -0.3 is 19.5 Å². The Bertz CT molecular complexity index is 1290. The second kappa shape index (κ2) is 12.9. The first-order chi connectivity index (χ1) is 18.3. The van der Waals surface area contributed by atoms with E-state index in [-0.39, 0.29) is 19.1 Å². The lowest BCUT2D eigenvalue weighted by Crippen LogP contribution is -2.54. The molecular formula is C26H39N5O7S. The number of aromatic nitrogens is 1. The molecule has 1 unspecified atom stereocenters. The fraction of sp³-hybridized carbons (Fsp3) is 0.577. The molecule has 1 fully saturated rings. The summed E-state index contributed by atoms with van der Waals surface area (Å²) in [7, 11) is 0.400. The van der Waals surface area contributed by atoms with Gasteiger partial charge in [0.25, 0.3) is 10.1 Å². The Kier molecular flexibility index (Phi) is 10.1. The van der Waals surface area contributed by atoms with Crippen molar-refractivity contribution in [1.29, 1.82) is 0 Å². The number of fused-ring (bicyclic) bond motifs is 1. The summed E-state index contributed by atoms with van der Waals surface area (Å²) in [6, 6.07) is 7.19. The number of benzene rings is 1. The van der Waals surface area contributed by atoms with Crippen molar-refractivity contribution < 1.29 is 32.1 Å². The molecule has 1 heterocycles. The minimum atomic E-state index is -4.62. The molecule has 0 saturated heterocycles. The Morgan fingerprint density at radius 1 is 1.18 bits per heavy atom. The number of likely N-dealkylation sites (N-methyl/N-ethyl adjacent to an activating group) is 1. The van der Waals surface area contributed by atoms with Gasteiger partial charge in [-0.05, 0) is 57.2 Å². The Morgan fingerprint density at radius 3 is 2.46 bits per heavy atom. The van der Waals surface area contributed by atoms with Crippen LogP contribution in [-0.2, 0) is 42.3 Å². The minimum Gasteiger partial charge on any atom is -0.461 e. The molecular weight excluding hydrogens is 526 g/mol. The van der Waals surface area contributed by atoms with Crippen LogP contribution in [0.4, 0.5) is 0 Å². The van der Waals surface area contributed by atoms with E-state index in [4.69, 9.17) is 4.74 Å². The van der Waals surface area contributed by atoms with E-state index in [9.17, 15) is 27.4 Å². The maximum Gasteiger partial charge on any atom is 0.328 e. The molecule has 1 saturated carbocycles. The molecule has 39 heavy (non-hydrogen) atoms. The number of rotatable bonds is 14. The average molecular weight is 566 g/mol. The van der Waals surface area contributed by atoms with Crippen LogP contribution in [0.15, 0.2) is 30.3 Å². The minimum absolute atomic E-state index is 0.0512. The molecule has 1 aromatic heterocycles. The number of amides is 2. The van der Waals surface area contributed by atoms with Crippen LogP contribution in [0.1, 0.15) is 38.8 Å². The average Bonchev–Trinajstić information content (AvgIpc) is 3.67. The number of nitrogens with zero attached hydrogens (tertiary/aromatic N) is 3. The van der Waals surface area contributed by atoms with Crippen LogP contribution in [0.2, 0.25) is 0 Å². The van der Waals surface area contributed by atoms with Crippen molar-refractivity contribution in [1.82, 2.24) is 25.2 Å². The summed E-state index contributed by atoms with van der Waals surface area (Å²) in [5.74, 6) is -2.74. The van der Waals surface area contributed by atoms with Crippen molar-refractivity contribution in [2.75, 3.05) is 26.9 Å². The van der Waals surface area contributed by atoms with E-state index in [1.807, 2.05) is 47.0 Å². The lowest BCUT2D eigenvalue weighted by Gasteiger charge is -2.28. The molecule has 2 amide bonds. The molecule has 1 aromatic carbocycles. The second-order valence-corrected chi connectivity index (χ2v) is 11.6. The predicted molar refractivity (Wildman–Crippen MR) is 146 cm³/mol. The van der Waals surface area contributed by atoms with Gasteiger partial charge in [-0.15, -0.1) is 0 Å². The zero-order chi connectivity index (χ0) is 28.9.